The number of amides is 1. The van der Waals surface area contributed by atoms with Gasteiger partial charge in [0.2, 0.25) is 5.91 Å². The van der Waals surface area contributed by atoms with E-state index in [1.165, 1.54) is 29.5 Å². The number of hydrogen-bond donors (Lipinski definition) is 2. The Morgan fingerprint density at radius 3 is 2.46 bits per heavy atom. The van der Waals surface area contributed by atoms with Gasteiger partial charge >= 0.3 is 0 Å². The monoisotopic (exact) mass is 429 g/mol. The van der Waals surface area contributed by atoms with E-state index in [0.29, 0.717) is 5.02 Å². The van der Waals surface area contributed by atoms with Crippen LogP contribution in [0.5, 0.6) is 0 Å². The highest BCUT2D eigenvalue weighted by Crippen LogP contribution is 2.26. The van der Waals surface area contributed by atoms with Crippen molar-refractivity contribution >= 4 is 66.7 Å². The summed E-state index contributed by atoms with van der Waals surface area (Å²) >= 11 is 12.8. The molecule has 1 amide bonds. The first kappa shape index (κ1) is 20.4. The first-order valence-electron chi connectivity index (χ1n) is 7.04. The van der Waals surface area contributed by atoms with E-state index < -0.39 is 16.0 Å². The lowest BCUT2D eigenvalue weighted by molar-refractivity contribution is 0.100. The van der Waals surface area contributed by atoms with E-state index in [1.54, 1.807) is 6.07 Å². The van der Waals surface area contributed by atoms with Crippen LogP contribution in [-0.4, -0.2) is 18.9 Å². The van der Waals surface area contributed by atoms with Crippen LogP contribution in [-0.2, 0) is 10.1 Å². The molecule has 0 atom stereocenters. The highest BCUT2D eigenvalue weighted by atomic mass is 35.5. The molecule has 3 N–H and O–H groups in total. The average Bonchev–Trinajstić information content (AvgIpc) is 2.96. The summed E-state index contributed by atoms with van der Waals surface area (Å²) in [4.78, 5) is 10.6. The van der Waals surface area contributed by atoms with Crippen LogP contribution in [0.3, 0.4) is 0 Å². The summed E-state index contributed by atoms with van der Waals surface area (Å²) in [5.74, 6) is -0.549. The van der Waals surface area contributed by atoms with Gasteiger partial charge in [-0.15, -0.1) is 11.3 Å². The lowest BCUT2D eigenvalue weighted by atomic mass is 10.2. The smallest absolute Gasteiger partial charge is 0.287 e. The van der Waals surface area contributed by atoms with Gasteiger partial charge in [-0.2, -0.15) is 8.42 Å². The van der Waals surface area contributed by atoms with Crippen molar-refractivity contribution in [2.24, 2.45) is 5.73 Å². The number of carbonyl (C=O) groups excluding carboxylic acids is 1. The molecule has 0 aliphatic heterocycles. The fourth-order valence-corrected chi connectivity index (χ4v) is 3.73. The van der Waals surface area contributed by atoms with Gasteiger partial charge in [-0.05, 0) is 46.7 Å². The van der Waals surface area contributed by atoms with E-state index >= 15 is 0 Å². The van der Waals surface area contributed by atoms with E-state index in [-0.39, 0.29) is 10.6 Å². The van der Waals surface area contributed by atoms with Crippen LogP contribution in [0.4, 0.5) is 0 Å². The van der Waals surface area contributed by atoms with Gasteiger partial charge < -0.3 is 5.73 Å². The number of nitrogens with two attached hydrogens (primary N) is 1. The summed E-state index contributed by atoms with van der Waals surface area (Å²) in [5.41, 5.74) is 6.09. The number of halogens is 2. The Morgan fingerprint density at radius 1 is 1.15 bits per heavy atom. The predicted octanol–water partition coefficient (Wildman–Crippen LogP) is 4.85. The molecular formula is C17H13Cl2NO4S2. The van der Waals surface area contributed by atoms with Crippen molar-refractivity contribution in [3.05, 3.63) is 74.4 Å². The maximum atomic E-state index is 10.6. The number of primary amides is 1. The Morgan fingerprint density at radius 2 is 1.85 bits per heavy atom. The van der Waals surface area contributed by atoms with Crippen molar-refractivity contribution in [1.82, 2.24) is 0 Å². The van der Waals surface area contributed by atoms with E-state index in [1.807, 2.05) is 29.6 Å². The van der Waals surface area contributed by atoms with Gasteiger partial charge in [0.05, 0.1) is 16.0 Å². The zero-order valence-electron chi connectivity index (χ0n) is 13.1. The van der Waals surface area contributed by atoms with Gasteiger partial charge in [0.1, 0.15) is 0 Å². The van der Waals surface area contributed by atoms with Crippen molar-refractivity contribution < 1.29 is 17.8 Å². The molecule has 26 heavy (non-hydrogen) atoms. The number of benzene rings is 2. The van der Waals surface area contributed by atoms with Crippen molar-refractivity contribution in [3.63, 3.8) is 0 Å². The van der Waals surface area contributed by atoms with Crippen molar-refractivity contribution in [3.8, 4) is 0 Å². The van der Waals surface area contributed by atoms with Crippen molar-refractivity contribution in [2.45, 2.75) is 0 Å². The third kappa shape index (κ3) is 5.82. The summed E-state index contributed by atoms with van der Waals surface area (Å²) in [7, 11) is -4.04. The van der Waals surface area contributed by atoms with Gasteiger partial charge in [0.25, 0.3) is 10.1 Å². The molecule has 9 heteroatoms. The minimum absolute atomic E-state index is 0.282. The van der Waals surface area contributed by atoms with Crippen LogP contribution in [0.2, 0.25) is 10.0 Å². The predicted molar refractivity (Wildman–Crippen MR) is 107 cm³/mol. The average molecular weight is 430 g/mol. The molecule has 0 unspecified atom stereocenters. The molecule has 1 aromatic heterocycles. The third-order valence-electron chi connectivity index (χ3n) is 3.13. The van der Waals surface area contributed by atoms with Gasteiger partial charge in [-0.25, -0.2) is 0 Å². The minimum atomic E-state index is -4.04. The Labute approximate surface area is 164 Å². The van der Waals surface area contributed by atoms with Crippen molar-refractivity contribution in [1.29, 1.82) is 0 Å². The SMILES string of the molecule is NC(=O)c1ccc(Cl)cc1Cl.O=S(=O)(O)/C=C/c1csc2ccccc12. The minimum Gasteiger partial charge on any atom is -0.366 e. The number of carbonyl (C=O) groups is 1. The molecule has 3 rings (SSSR count). The molecule has 0 saturated heterocycles. The molecule has 136 valence electrons. The van der Waals surface area contributed by atoms with Crippen LogP contribution < -0.4 is 5.73 Å². The van der Waals surface area contributed by atoms with Crippen LogP contribution in [0.25, 0.3) is 16.2 Å². The lowest BCUT2D eigenvalue weighted by Gasteiger charge is -1.97. The quantitative estimate of drug-likeness (QED) is 0.581. The van der Waals surface area contributed by atoms with Crippen LogP contribution in [0.1, 0.15) is 15.9 Å². The van der Waals surface area contributed by atoms with Gasteiger partial charge in [-0.3, -0.25) is 9.35 Å². The lowest BCUT2D eigenvalue weighted by Crippen LogP contribution is -2.11. The normalized spacial score (nSPS) is 11.3. The fourth-order valence-electron chi connectivity index (χ4n) is 1.98. The van der Waals surface area contributed by atoms with Crippen LogP contribution in [0.15, 0.2) is 53.3 Å². The number of rotatable bonds is 3. The Balaban J connectivity index is 0.000000197. The molecule has 0 radical (unpaired) electrons. The molecular weight excluding hydrogens is 417 g/mol. The highest BCUT2D eigenvalue weighted by molar-refractivity contribution is 7.88. The number of fused-ring (bicyclic) bond motifs is 1. The van der Waals surface area contributed by atoms with Crippen LogP contribution >= 0.6 is 34.5 Å². The van der Waals surface area contributed by atoms with E-state index in [4.69, 9.17) is 33.5 Å². The maximum Gasteiger partial charge on any atom is 0.287 e. The van der Waals surface area contributed by atoms with Crippen LogP contribution in [0, 0.1) is 0 Å². The van der Waals surface area contributed by atoms with E-state index in [2.05, 4.69) is 0 Å². The molecule has 2 aromatic carbocycles. The fraction of sp³-hybridized carbons (Fsp3) is 0. The molecule has 5 nitrogen and oxygen atoms in total. The summed E-state index contributed by atoms with van der Waals surface area (Å²) in [6.45, 7) is 0. The first-order chi connectivity index (χ1) is 12.2. The molecule has 3 aromatic rings. The summed E-state index contributed by atoms with van der Waals surface area (Å²) in [6, 6.07) is 12.2. The Bertz CT molecular complexity index is 1080. The molecule has 0 spiro atoms. The zero-order valence-corrected chi connectivity index (χ0v) is 16.2. The zero-order chi connectivity index (χ0) is 19.3. The number of thiophene rings is 1. The third-order valence-corrected chi connectivity index (χ3v) is 5.14. The molecule has 0 bridgehead atoms. The number of hydrogen-bond acceptors (Lipinski definition) is 4. The maximum absolute atomic E-state index is 10.6. The molecule has 0 aliphatic carbocycles. The second-order valence-corrected chi connectivity index (χ2v) is 8.05. The molecule has 1 heterocycles. The molecule has 0 fully saturated rings. The molecule has 0 aliphatic rings. The summed E-state index contributed by atoms with van der Waals surface area (Å²) < 4.78 is 30.7. The summed E-state index contributed by atoms with van der Waals surface area (Å²) in [5, 5.41) is 4.40. The first-order valence-corrected chi connectivity index (χ1v) is 10.2. The standard InChI is InChI=1S/C10H8O3S2.C7H5Cl2NO/c11-15(12,13)6-5-8-7-14-10-4-2-1-3-9(8)10;8-4-1-2-5(7(10)11)6(9)3-4/h1-7H,(H,11,12,13);1-3H,(H2,10,11)/b6-5+;. The summed E-state index contributed by atoms with van der Waals surface area (Å²) in [6.07, 6.45) is 1.40. The molecule has 0 saturated carbocycles. The van der Waals surface area contributed by atoms with E-state index in [9.17, 15) is 13.2 Å². The van der Waals surface area contributed by atoms with Crippen molar-refractivity contribution in [2.75, 3.05) is 0 Å². The van der Waals surface area contributed by atoms with Gasteiger partial charge in [-0.1, -0.05) is 41.4 Å². The highest BCUT2D eigenvalue weighted by Gasteiger charge is 2.05. The second-order valence-electron chi connectivity index (χ2n) is 4.99. The Kier molecular flexibility index (Phi) is 6.80. The van der Waals surface area contributed by atoms with Gasteiger partial charge in [0, 0.05) is 9.72 Å². The van der Waals surface area contributed by atoms with Gasteiger partial charge in [0.15, 0.2) is 0 Å². The second kappa shape index (κ2) is 8.66. The largest absolute Gasteiger partial charge is 0.366 e. The Hall–Kier alpha value is -1.90. The topological polar surface area (TPSA) is 97.5 Å². The van der Waals surface area contributed by atoms with E-state index in [0.717, 1.165) is 21.1 Å².